The van der Waals surface area contributed by atoms with Crippen LogP contribution in [0.3, 0.4) is 0 Å². The van der Waals surface area contributed by atoms with Crippen LogP contribution in [0.15, 0.2) is 30.5 Å². The van der Waals surface area contributed by atoms with Crippen molar-refractivity contribution in [3.63, 3.8) is 0 Å². The number of hydrogen-bond donors (Lipinski definition) is 2. The van der Waals surface area contributed by atoms with E-state index in [0.717, 1.165) is 22.4 Å². The fourth-order valence-electron chi connectivity index (χ4n) is 2.59. The van der Waals surface area contributed by atoms with Crippen LogP contribution in [0.2, 0.25) is 0 Å². The number of H-pyrrole nitrogens is 1. The number of aromatic nitrogens is 3. The van der Waals surface area contributed by atoms with E-state index in [1.165, 1.54) is 11.1 Å². The summed E-state index contributed by atoms with van der Waals surface area (Å²) in [6, 6.07) is 8.16. The van der Waals surface area contributed by atoms with Gasteiger partial charge in [0.15, 0.2) is 0 Å². The third-order valence-corrected chi connectivity index (χ3v) is 3.97. The lowest BCUT2D eigenvalue weighted by Crippen LogP contribution is -2.15. The van der Waals surface area contributed by atoms with Crippen molar-refractivity contribution in [3.05, 3.63) is 53.0 Å². The number of imidazole rings is 1. The number of nitrogens with one attached hydrogen (secondary N) is 2. The fraction of sp³-hybridized carbons (Fsp3) is 0.333. The first-order chi connectivity index (χ1) is 11.2. The molecule has 0 spiro atoms. The van der Waals surface area contributed by atoms with Crippen molar-refractivity contribution in [3.8, 4) is 5.88 Å². The van der Waals surface area contributed by atoms with Gasteiger partial charge < -0.3 is 15.0 Å². The number of hydrogen-bond acceptors (Lipinski definition) is 4. The maximum absolute atomic E-state index is 5.54. The zero-order valence-corrected chi connectivity index (χ0v) is 13.8. The second kappa shape index (κ2) is 6.79. The number of rotatable bonds is 6. The van der Waals surface area contributed by atoms with E-state index < -0.39 is 0 Å². The molecular formula is C18H22N4O. The Kier molecular flexibility index (Phi) is 4.57. The summed E-state index contributed by atoms with van der Waals surface area (Å²) in [5, 5.41) is 3.40. The van der Waals surface area contributed by atoms with E-state index in [1.807, 2.05) is 19.1 Å². The molecule has 2 aromatic heterocycles. The quantitative estimate of drug-likeness (QED) is 0.733. The Hall–Kier alpha value is -2.40. The van der Waals surface area contributed by atoms with Crippen molar-refractivity contribution in [1.82, 2.24) is 20.3 Å². The highest BCUT2D eigenvalue weighted by molar-refractivity contribution is 5.79. The summed E-state index contributed by atoms with van der Waals surface area (Å²) >= 11 is 0. The lowest BCUT2D eigenvalue weighted by Gasteiger charge is -2.08. The van der Waals surface area contributed by atoms with Crippen LogP contribution in [0.1, 0.15) is 29.4 Å². The molecule has 0 fully saturated rings. The first kappa shape index (κ1) is 15.5. The van der Waals surface area contributed by atoms with Crippen LogP contribution in [0.25, 0.3) is 11.0 Å². The van der Waals surface area contributed by atoms with Crippen LogP contribution < -0.4 is 10.1 Å². The third kappa shape index (κ3) is 3.35. The molecule has 5 nitrogen and oxygen atoms in total. The minimum Gasteiger partial charge on any atom is -0.478 e. The van der Waals surface area contributed by atoms with Gasteiger partial charge in [0.2, 0.25) is 5.88 Å². The normalized spacial score (nSPS) is 11.1. The van der Waals surface area contributed by atoms with Gasteiger partial charge in [-0.25, -0.2) is 9.97 Å². The van der Waals surface area contributed by atoms with E-state index in [1.54, 1.807) is 6.20 Å². The lowest BCUT2D eigenvalue weighted by molar-refractivity contribution is 0.322. The molecule has 1 aromatic carbocycles. The smallest absolute Gasteiger partial charge is 0.217 e. The van der Waals surface area contributed by atoms with Crippen molar-refractivity contribution in [2.75, 3.05) is 6.61 Å². The van der Waals surface area contributed by atoms with Gasteiger partial charge in [-0.1, -0.05) is 12.1 Å². The first-order valence-corrected chi connectivity index (χ1v) is 7.91. The van der Waals surface area contributed by atoms with Crippen LogP contribution in [-0.2, 0) is 13.1 Å². The van der Waals surface area contributed by atoms with Crippen molar-refractivity contribution in [2.24, 2.45) is 0 Å². The summed E-state index contributed by atoms with van der Waals surface area (Å²) in [6.45, 7) is 8.17. The molecule has 0 aliphatic heterocycles. The van der Waals surface area contributed by atoms with Gasteiger partial charge >= 0.3 is 0 Å². The van der Waals surface area contributed by atoms with E-state index in [-0.39, 0.29) is 0 Å². The van der Waals surface area contributed by atoms with Crippen molar-refractivity contribution in [1.29, 1.82) is 0 Å². The first-order valence-electron chi connectivity index (χ1n) is 7.91. The molecule has 0 bridgehead atoms. The fourth-order valence-corrected chi connectivity index (χ4v) is 2.59. The maximum atomic E-state index is 5.54. The highest BCUT2D eigenvalue weighted by Crippen LogP contribution is 2.19. The van der Waals surface area contributed by atoms with E-state index in [9.17, 15) is 0 Å². The molecule has 0 aliphatic rings. The lowest BCUT2D eigenvalue weighted by atomic mass is 10.1. The van der Waals surface area contributed by atoms with Gasteiger partial charge in [0.05, 0.1) is 24.2 Å². The second-order valence-electron chi connectivity index (χ2n) is 5.59. The summed E-state index contributed by atoms with van der Waals surface area (Å²) in [7, 11) is 0. The number of fused-ring (bicyclic) bond motifs is 1. The monoisotopic (exact) mass is 310 g/mol. The van der Waals surface area contributed by atoms with Crippen LogP contribution in [0.5, 0.6) is 5.88 Å². The molecule has 5 heteroatoms. The minimum absolute atomic E-state index is 0.617. The van der Waals surface area contributed by atoms with Crippen molar-refractivity contribution in [2.45, 2.75) is 33.9 Å². The SMILES string of the molecule is CCOc1ncccc1CNCc1nc2c(C)c(C)ccc2[nH]1. The van der Waals surface area contributed by atoms with Gasteiger partial charge in [0.1, 0.15) is 5.82 Å². The zero-order chi connectivity index (χ0) is 16.2. The summed E-state index contributed by atoms with van der Waals surface area (Å²) < 4.78 is 5.54. The molecule has 2 N–H and O–H groups in total. The number of pyridine rings is 1. The Balaban J connectivity index is 1.68. The standard InChI is InChI=1S/C18H22N4O/c1-4-23-18-14(6-5-9-20-18)10-19-11-16-21-15-8-7-12(2)13(3)17(15)22-16/h5-9,19H,4,10-11H2,1-3H3,(H,21,22). The molecule has 0 unspecified atom stereocenters. The van der Waals surface area contributed by atoms with Gasteiger partial charge in [-0.05, 0) is 44.0 Å². The largest absolute Gasteiger partial charge is 0.478 e. The Morgan fingerprint density at radius 3 is 2.87 bits per heavy atom. The Labute approximate surface area is 136 Å². The average molecular weight is 310 g/mol. The summed E-state index contributed by atoms with van der Waals surface area (Å²) in [5.41, 5.74) is 5.69. The van der Waals surface area contributed by atoms with Gasteiger partial charge in [-0.15, -0.1) is 0 Å². The molecular weight excluding hydrogens is 288 g/mol. The minimum atomic E-state index is 0.617. The Bertz CT molecular complexity index is 810. The highest BCUT2D eigenvalue weighted by Gasteiger charge is 2.08. The predicted octanol–water partition coefficient (Wildman–Crippen LogP) is 3.26. The van der Waals surface area contributed by atoms with Gasteiger partial charge in [-0.3, -0.25) is 0 Å². The summed E-state index contributed by atoms with van der Waals surface area (Å²) in [4.78, 5) is 12.3. The molecule has 0 radical (unpaired) electrons. The predicted molar refractivity (Wildman–Crippen MR) is 91.5 cm³/mol. The van der Waals surface area contributed by atoms with E-state index >= 15 is 0 Å². The highest BCUT2D eigenvalue weighted by atomic mass is 16.5. The average Bonchev–Trinajstić information content (AvgIpc) is 2.97. The molecule has 0 amide bonds. The topological polar surface area (TPSA) is 62.8 Å². The molecule has 0 aliphatic carbocycles. The van der Waals surface area contributed by atoms with E-state index in [4.69, 9.17) is 9.72 Å². The van der Waals surface area contributed by atoms with E-state index in [2.05, 4.69) is 41.3 Å². The molecule has 2 heterocycles. The Morgan fingerprint density at radius 1 is 1.17 bits per heavy atom. The van der Waals surface area contributed by atoms with Gasteiger partial charge in [0, 0.05) is 18.3 Å². The van der Waals surface area contributed by atoms with Gasteiger partial charge in [0.25, 0.3) is 0 Å². The van der Waals surface area contributed by atoms with Crippen molar-refractivity contribution < 1.29 is 4.74 Å². The molecule has 0 saturated carbocycles. The van der Waals surface area contributed by atoms with Crippen LogP contribution in [0.4, 0.5) is 0 Å². The number of aryl methyl sites for hydroxylation is 2. The molecule has 120 valence electrons. The van der Waals surface area contributed by atoms with Gasteiger partial charge in [-0.2, -0.15) is 0 Å². The van der Waals surface area contributed by atoms with Crippen LogP contribution in [-0.4, -0.2) is 21.6 Å². The zero-order valence-electron chi connectivity index (χ0n) is 13.8. The maximum Gasteiger partial charge on any atom is 0.217 e. The Morgan fingerprint density at radius 2 is 2.04 bits per heavy atom. The molecule has 0 saturated heterocycles. The molecule has 23 heavy (non-hydrogen) atoms. The van der Waals surface area contributed by atoms with E-state index in [0.29, 0.717) is 25.6 Å². The number of benzene rings is 1. The number of ether oxygens (including phenoxy) is 1. The summed E-state index contributed by atoms with van der Waals surface area (Å²) in [5.74, 6) is 1.63. The van der Waals surface area contributed by atoms with Crippen LogP contribution >= 0.6 is 0 Å². The van der Waals surface area contributed by atoms with Crippen LogP contribution in [0, 0.1) is 13.8 Å². The summed E-state index contributed by atoms with van der Waals surface area (Å²) in [6.07, 6.45) is 1.75. The molecule has 3 aromatic rings. The second-order valence-corrected chi connectivity index (χ2v) is 5.59. The molecule has 3 rings (SSSR count). The number of aromatic amines is 1. The van der Waals surface area contributed by atoms with Crippen molar-refractivity contribution >= 4 is 11.0 Å². The molecule has 0 atom stereocenters. The third-order valence-electron chi connectivity index (χ3n) is 3.97. The number of nitrogens with zero attached hydrogens (tertiary/aromatic N) is 2.